The van der Waals surface area contributed by atoms with Gasteiger partial charge in [0.2, 0.25) is 0 Å². The molecule has 16 heavy (non-hydrogen) atoms. The van der Waals surface area contributed by atoms with E-state index in [0.717, 1.165) is 41.2 Å². The Hall–Kier alpha value is -0.600. The number of carbonyl (C=O) groups is 1. The summed E-state index contributed by atoms with van der Waals surface area (Å²) in [5.41, 5.74) is 0.800. The van der Waals surface area contributed by atoms with E-state index >= 15 is 0 Å². The van der Waals surface area contributed by atoms with E-state index in [1.165, 1.54) is 11.3 Å². The van der Waals surface area contributed by atoms with Gasteiger partial charge in [-0.25, -0.2) is 0 Å². The molecule has 0 saturated carbocycles. The molecule has 0 amide bonds. The summed E-state index contributed by atoms with van der Waals surface area (Å²) in [6.07, 6.45) is 3.50. The molecule has 0 radical (unpaired) electrons. The summed E-state index contributed by atoms with van der Waals surface area (Å²) in [6.45, 7) is 4.14. The maximum absolute atomic E-state index is 12.2. The SMILES string of the molecule is CCC/C(Cl)=C(/CCC)C(=O)c1cccs1. The van der Waals surface area contributed by atoms with Crippen molar-refractivity contribution < 1.29 is 4.79 Å². The first-order valence-electron chi connectivity index (χ1n) is 5.66. The van der Waals surface area contributed by atoms with Gasteiger partial charge in [-0.1, -0.05) is 44.4 Å². The van der Waals surface area contributed by atoms with Crippen LogP contribution in [0, 0.1) is 0 Å². The Balaban J connectivity index is 2.94. The Bertz CT molecular complexity index is 365. The predicted molar refractivity (Wildman–Crippen MR) is 71.3 cm³/mol. The highest BCUT2D eigenvalue weighted by molar-refractivity contribution is 7.12. The molecule has 3 heteroatoms. The van der Waals surface area contributed by atoms with Crippen molar-refractivity contribution in [3.63, 3.8) is 0 Å². The highest BCUT2D eigenvalue weighted by atomic mass is 35.5. The summed E-state index contributed by atoms with van der Waals surface area (Å²) in [5.74, 6) is 0.107. The van der Waals surface area contributed by atoms with Crippen molar-refractivity contribution in [1.29, 1.82) is 0 Å². The van der Waals surface area contributed by atoms with Crippen LogP contribution in [0.4, 0.5) is 0 Å². The second-order valence-electron chi connectivity index (χ2n) is 3.69. The first-order valence-corrected chi connectivity index (χ1v) is 6.92. The van der Waals surface area contributed by atoms with Crippen LogP contribution < -0.4 is 0 Å². The molecule has 0 bridgehead atoms. The second-order valence-corrected chi connectivity index (χ2v) is 5.09. The number of halogens is 1. The molecule has 0 fully saturated rings. The van der Waals surface area contributed by atoms with Crippen LogP contribution in [0.5, 0.6) is 0 Å². The standard InChI is InChI=1S/C13H17ClOS/c1-3-6-10(11(14)7-4-2)13(15)12-8-5-9-16-12/h5,8-9H,3-4,6-7H2,1-2H3/b11-10+. The van der Waals surface area contributed by atoms with Crippen molar-refractivity contribution in [2.45, 2.75) is 39.5 Å². The van der Waals surface area contributed by atoms with Crippen LogP contribution in [0.1, 0.15) is 49.2 Å². The molecule has 0 aliphatic carbocycles. The zero-order valence-corrected chi connectivity index (χ0v) is 11.3. The predicted octanol–water partition coefficient (Wildman–Crippen LogP) is 5.02. The summed E-state index contributed by atoms with van der Waals surface area (Å²) in [7, 11) is 0. The number of Topliss-reactive ketones (excluding diaryl/α,β-unsaturated/α-hetero) is 1. The molecule has 0 N–H and O–H groups in total. The van der Waals surface area contributed by atoms with E-state index in [1.807, 2.05) is 17.5 Å². The Morgan fingerprint density at radius 1 is 1.31 bits per heavy atom. The molecule has 88 valence electrons. The van der Waals surface area contributed by atoms with Crippen LogP contribution >= 0.6 is 22.9 Å². The molecular weight excluding hydrogens is 240 g/mol. The fourth-order valence-corrected chi connectivity index (χ4v) is 2.61. The smallest absolute Gasteiger partial charge is 0.200 e. The van der Waals surface area contributed by atoms with Crippen molar-refractivity contribution in [2.24, 2.45) is 0 Å². The summed E-state index contributed by atoms with van der Waals surface area (Å²) in [5, 5.41) is 2.66. The van der Waals surface area contributed by atoms with Crippen LogP contribution in [0.2, 0.25) is 0 Å². The maximum atomic E-state index is 12.2. The minimum atomic E-state index is 0.107. The van der Waals surface area contributed by atoms with Crippen molar-refractivity contribution in [3.8, 4) is 0 Å². The van der Waals surface area contributed by atoms with E-state index in [2.05, 4.69) is 13.8 Å². The average molecular weight is 257 g/mol. The molecule has 0 atom stereocenters. The zero-order chi connectivity index (χ0) is 12.0. The highest BCUT2D eigenvalue weighted by Gasteiger charge is 2.15. The Labute approximate surface area is 106 Å². The summed E-state index contributed by atoms with van der Waals surface area (Å²) < 4.78 is 0. The lowest BCUT2D eigenvalue weighted by atomic mass is 10.0. The van der Waals surface area contributed by atoms with Gasteiger partial charge >= 0.3 is 0 Å². The van der Waals surface area contributed by atoms with Crippen molar-refractivity contribution in [3.05, 3.63) is 33.0 Å². The number of ketones is 1. The lowest BCUT2D eigenvalue weighted by molar-refractivity contribution is 0.103. The lowest BCUT2D eigenvalue weighted by Crippen LogP contribution is -2.03. The van der Waals surface area contributed by atoms with Crippen LogP contribution in [-0.2, 0) is 0 Å². The molecule has 1 heterocycles. The average Bonchev–Trinajstić information content (AvgIpc) is 2.78. The van der Waals surface area contributed by atoms with Crippen molar-refractivity contribution >= 4 is 28.7 Å². The Morgan fingerprint density at radius 2 is 2.00 bits per heavy atom. The molecule has 0 aliphatic heterocycles. The third kappa shape index (κ3) is 3.46. The molecule has 0 unspecified atom stereocenters. The molecule has 0 aromatic carbocycles. The second kappa shape index (κ2) is 6.87. The van der Waals surface area contributed by atoms with Crippen LogP contribution in [0.25, 0.3) is 0 Å². The molecule has 1 rings (SSSR count). The number of allylic oxidation sites excluding steroid dienone is 2. The normalized spacial score (nSPS) is 12.4. The van der Waals surface area contributed by atoms with Gasteiger partial charge < -0.3 is 0 Å². The zero-order valence-electron chi connectivity index (χ0n) is 9.75. The Morgan fingerprint density at radius 3 is 2.50 bits per heavy atom. The van der Waals surface area contributed by atoms with Crippen molar-refractivity contribution in [1.82, 2.24) is 0 Å². The van der Waals surface area contributed by atoms with E-state index in [0.29, 0.717) is 0 Å². The molecule has 0 aliphatic rings. The van der Waals surface area contributed by atoms with Crippen LogP contribution in [-0.4, -0.2) is 5.78 Å². The van der Waals surface area contributed by atoms with Gasteiger partial charge in [-0.2, -0.15) is 0 Å². The summed E-state index contributed by atoms with van der Waals surface area (Å²) >= 11 is 7.68. The van der Waals surface area contributed by atoms with Gasteiger partial charge in [0.25, 0.3) is 0 Å². The number of carbonyl (C=O) groups excluding carboxylic acids is 1. The molecule has 1 nitrogen and oxygen atoms in total. The summed E-state index contributed by atoms with van der Waals surface area (Å²) in [4.78, 5) is 13.0. The monoisotopic (exact) mass is 256 g/mol. The van der Waals surface area contributed by atoms with E-state index < -0.39 is 0 Å². The van der Waals surface area contributed by atoms with Crippen molar-refractivity contribution in [2.75, 3.05) is 0 Å². The quantitative estimate of drug-likeness (QED) is 0.516. The maximum Gasteiger partial charge on any atom is 0.200 e. The molecule has 0 saturated heterocycles. The van der Waals surface area contributed by atoms with Gasteiger partial charge in [-0.05, 0) is 24.3 Å². The first kappa shape index (κ1) is 13.5. The topological polar surface area (TPSA) is 17.1 Å². The van der Waals surface area contributed by atoms with Gasteiger partial charge in [0.1, 0.15) is 0 Å². The van der Waals surface area contributed by atoms with E-state index in [-0.39, 0.29) is 5.78 Å². The molecule has 0 spiro atoms. The Kier molecular flexibility index (Phi) is 5.78. The number of hydrogen-bond acceptors (Lipinski definition) is 2. The van der Waals surface area contributed by atoms with Gasteiger partial charge in [-0.3, -0.25) is 4.79 Å². The van der Waals surface area contributed by atoms with Gasteiger partial charge in [0, 0.05) is 10.6 Å². The largest absolute Gasteiger partial charge is 0.288 e. The number of hydrogen-bond donors (Lipinski definition) is 0. The van der Waals surface area contributed by atoms with Gasteiger partial charge in [0.05, 0.1) is 4.88 Å². The fourth-order valence-electron chi connectivity index (χ4n) is 1.55. The third-order valence-electron chi connectivity index (χ3n) is 2.32. The molecule has 1 aromatic heterocycles. The molecular formula is C13H17ClOS. The first-order chi connectivity index (χ1) is 7.70. The highest BCUT2D eigenvalue weighted by Crippen LogP contribution is 2.25. The minimum absolute atomic E-state index is 0.107. The minimum Gasteiger partial charge on any atom is -0.288 e. The molecule has 1 aromatic rings. The fraction of sp³-hybridized carbons (Fsp3) is 0.462. The number of rotatable bonds is 6. The third-order valence-corrected chi connectivity index (χ3v) is 3.60. The lowest BCUT2D eigenvalue weighted by Gasteiger charge is -2.07. The van der Waals surface area contributed by atoms with Crippen LogP contribution in [0.3, 0.4) is 0 Å². The van der Waals surface area contributed by atoms with E-state index in [1.54, 1.807) is 0 Å². The number of thiophene rings is 1. The van der Waals surface area contributed by atoms with Crippen LogP contribution in [0.15, 0.2) is 28.1 Å². The van der Waals surface area contributed by atoms with E-state index in [4.69, 9.17) is 11.6 Å². The van der Waals surface area contributed by atoms with Gasteiger partial charge in [0.15, 0.2) is 5.78 Å². The van der Waals surface area contributed by atoms with E-state index in [9.17, 15) is 4.79 Å². The summed E-state index contributed by atoms with van der Waals surface area (Å²) in [6, 6.07) is 3.76. The van der Waals surface area contributed by atoms with Gasteiger partial charge in [-0.15, -0.1) is 11.3 Å².